The van der Waals surface area contributed by atoms with E-state index in [0.29, 0.717) is 18.1 Å². The number of carbonyl (C=O) groups excluding carboxylic acids is 1. The zero-order valence-corrected chi connectivity index (χ0v) is 12.2. The second kappa shape index (κ2) is 5.75. The van der Waals surface area contributed by atoms with Gasteiger partial charge in [0.05, 0.1) is 6.42 Å². The second-order valence-corrected chi connectivity index (χ2v) is 5.87. The second-order valence-electron chi connectivity index (χ2n) is 5.09. The van der Waals surface area contributed by atoms with Crippen LogP contribution in [0.25, 0.3) is 0 Å². The summed E-state index contributed by atoms with van der Waals surface area (Å²) in [5, 5.41) is 7.86. The Balaban J connectivity index is 1.76. The van der Waals surface area contributed by atoms with Gasteiger partial charge in [0.25, 0.3) is 0 Å². The molecule has 0 unspecified atom stereocenters. The van der Waals surface area contributed by atoms with Gasteiger partial charge in [0, 0.05) is 6.54 Å². The standard InChI is InChI=1S/C14H17N3O2S/c1-10-15-14(19-16-10)12-4-2-3-6-17(12)13(18)8-11-5-7-20-9-11/h5,7,9,12H,2-4,6,8H2,1H3/t12-/m0/s1. The molecule has 0 radical (unpaired) electrons. The Bertz CT molecular complexity index is 579. The van der Waals surface area contributed by atoms with Gasteiger partial charge in [0.2, 0.25) is 11.8 Å². The molecule has 0 N–H and O–H groups in total. The molecule has 1 amide bonds. The fraction of sp³-hybridized carbons (Fsp3) is 0.500. The molecule has 3 heterocycles. The molecule has 2 aromatic heterocycles. The smallest absolute Gasteiger partial charge is 0.249 e. The van der Waals surface area contributed by atoms with Gasteiger partial charge in [-0.1, -0.05) is 5.16 Å². The summed E-state index contributed by atoms with van der Waals surface area (Å²) in [5.41, 5.74) is 1.08. The number of amides is 1. The number of thiophene rings is 1. The lowest BCUT2D eigenvalue weighted by Crippen LogP contribution is -2.39. The van der Waals surface area contributed by atoms with Crippen LogP contribution in [0.1, 0.15) is 42.6 Å². The van der Waals surface area contributed by atoms with Crippen LogP contribution >= 0.6 is 11.3 Å². The SMILES string of the molecule is Cc1noc([C@@H]2CCCCN2C(=O)Cc2ccsc2)n1. The average Bonchev–Trinajstić information content (AvgIpc) is 3.10. The van der Waals surface area contributed by atoms with Crippen LogP contribution in [-0.2, 0) is 11.2 Å². The molecule has 1 fully saturated rings. The van der Waals surface area contributed by atoms with Crippen molar-refractivity contribution >= 4 is 17.2 Å². The van der Waals surface area contributed by atoms with E-state index in [2.05, 4.69) is 10.1 Å². The molecule has 1 aliphatic heterocycles. The largest absolute Gasteiger partial charge is 0.337 e. The lowest BCUT2D eigenvalue weighted by atomic mass is 10.0. The molecular formula is C14H17N3O2S. The molecule has 1 saturated heterocycles. The third kappa shape index (κ3) is 2.75. The number of aryl methyl sites for hydroxylation is 1. The van der Waals surface area contributed by atoms with Crippen molar-refractivity contribution in [3.05, 3.63) is 34.1 Å². The minimum atomic E-state index is -0.0592. The van der Waals surface area contributed by atoms with Crippen molar-refractivity contribution in [3.8, 4) is 0 Å². The van der Waals surface area contributed by atoms with Crippen molar-refractivity contribution < 1.29 is 9.32 Å². The highest BCUT2D eigenvalue weighted by Gasteiger charge is 2.31. The summed E-state index contributed by atoms with van der Waals surface area (Å²) in [7, 11) is 0. The van der Waals surface area contributed by atoms with E-state index >= 15 is 0 Å². The predicted molar refractivity (Wildman–Crippen MR) is 75.4 cm³/mol. The van der Waals surface area contributed by atoms with Crippen LogP contribution < -0.4 is 0 Å². The van der Waals surface area contributed by atoms with E-state index in [4.69, 9.17) is 4.52 Å². The van der Waals surface area contributed by atoms with E-state index in [9.17, 15) is 4.79 Å². The minimum Gasteiger partial charge on any atom is -0.337 e. The van der Waals surface area contributed by atoms with Crippen molar-refractivity contribution in [2.24, 2.45) is 0 Å². The highest BCUT2D eigenvalue weighted by molar-refractivity contribution is 7.07. The van der Waals surface area contributed by atoms with Gasteiger partial charge in [-0.3, -0.25) is 4.79 Å². The van der Waals surface area contributed by atoms with E-state index in [1.807, 2.05) is 21.7 Å². The maximum absolute atomic E-state index is 12.5. The number of likely N-dealkylation sites (tertiary alicyclic amines) is 1. The summed E-state index contributed by atoms with van der Waals surface area (Å²) in [5.74, 6) is 1.33. The molecule has 5 nitrogen and oxygen atoms in total. The van der Waals surface area contributed by atoms with Gasteiger partial charge in [-0.25, -0.2) is 0 Å². The van der Waals surface area contributed by atoms with Crippen LogP contribution in [0.2, 0.25) is 0 Å². The molecule has 0 bridgehead atoms. The van der Waals surface area contributed by atoms with Crippen molar-refractivity contribution in [2.45, 2.75) is 38.6 Å². The Labute approximate surface area is 121 Å². The molecule has 106 valence electrons. The fourth-order valence-corrected chi connectivity index (χ4v) is 3.27. The molecule has 6 heteroatoms. The molecule has 20 heavy (non-hydrogen) atoms. The number of hydrogen-bond donors (Lipinski definition) is 0. The molecule has 3 rings (SSSR count). The summed E-state index contributed by atoms with van der Waals surface area (Å²) in [6.45, 7) is 2.57. The molecule has 1 aliphatic rings. The first kappa shape index (κ1) is 13.3. The Hall–Kier alpha value is -1.69. The third-order valence-electron chi connectivity index (χ3n) is 3.59. The molecular weight excluding hydrogens is 274 g/mol. The van der Waals surface area contributed by atoms with E-state index in [-0.39, 0.29) is 11.9 Å². The Morgan fingerprint density at radius 3 is 3.15 bits per heavy atom. The number of rotatable bonds is 3. The zero-order valence-electron chi connectivity index (χ0n) is 11.4. The van der Waals surface area contributed by atoms with E-state index < -0.39 is 0 Å². The van der Waals surface area contributed by atoms with Crippen molar-refractivity contribution in [2.75, 3.05) is 6.54 Å². The minimum absolute atomic E-state index is 0.0592. The molecule has 0 spiro atoms. The fourth-order valence-electron chi connectivity index (χ4n) is 2.60. The zero-order chi connectivity index (χ0) is 13.9. The number of piperidine rings is 1. The normalized spacial score (nSPS) is 19.2. The van der Waals surface area contributed by atoms with Gasteiger partial charge in [-0.05, 0) is 48.6 Å². The van der Waals surface area contributed by atoms with E-state index in [0.717, 1.165) is 31.4 Å². The van der Waals surface area contributed by atoms with Crippen molar-refractivity contribution in [1.82, 2.24) is 15.0 Å². The van der Waals surface area contributed by atoms with Crippen LogP contribution in [0.3, 0.4) is 0 Å². The summed E-state index contributed by atoms with van der Waals surface area (Å²) in [6, 6.07) is 1.94. The lowest BCUT2D eigenvalue weighted by molar-refractivity contribution is -0.135. The van der Waals surface area contributed by atoms with Gasteiger partial charge >= 0.3 is 0 Å². The van der Waals surface area contributed by atoms with Crippen LogP contribution in [0.4, 0.5) is 0 Å². The maximum Gasteiger partial charge on any atom is 0.249 e. The molecule has 0 aliphatic carbocycles. The van der Waals surface area contributed by atoms with E-state index in [1.165, 1.54) is 0 Å². The number of carbonyl (C=O) groups is 1. The Morgan fingerprint density at radius 2 is 2.45 bits per heavy atom. The number of aromatic nitrogens is 2. The summed E-state index contributed by atoms with van der Waals surface area (Å²) in [4.78, 5) is 18.7. The average molecular weight is 291 g/mol. The topological polar surface area (TPSA) is 59.2 Å². The van der Waals surface area contributed by atoms with Crippen molar-refractivity contribution in [3.63, 3.8) is 0 Å². The third-order valence-corrected chi connectivity index (χ3v) is 4.32. The Morgan fingerprint density at radius 1 is 1.55 bits per heavy atom. The van der Waals surface area contributed by atoms with Crippen LogP contribution in [-0.4, -0.2) is 27.5 Å². The van der Waals surface area contributed by atoms with Gasteiger partial charge in [0.15, 0.2) is 5.82 Å². The highest BCUT2D eigenvalue weighted by Crippen LogP contribution is 2.30. The number of nitrogens with zero attached hydrogens (tertiary/aromatic N) is 3. The van der Waals surface area contributed by atoms with E-state index in [1.54, 1.807) is 18.3 Å². The first-order chi connectivity index (χ1) is 9.74. The van der Waals surface area contributed by atoms with Gasteiger partial charge in [-0.2, -0.15) is 16.3 Å². The van der Waals surface area contributed by atoms with Crippen molar-refractivity contribution in [1.29, 1.82) is 0 Å². The van der Waals surface area contributed by atoms with Crippen LogP contribution in [0, 0.1) is 6.92 Å². The summed E-state index contributed by atoms with van der Waals surface area (Å²) in [6.07, 6.45) is 3.48. The molecule has 0 saturated carbocycles. The predicted octanol–water partition coefficient (Wildman–Crippen LogP) is 2.74. The van der Waals surface area contributed by atoms with Gasteiger partial charge < -0.3 is 9.42 Å². The van der Waals surface area contributed by atoms with Crippen LogP contribution in [0.15, 0.2) is 21.3 Å². The summed E-state index contributed by atoms with van der Waals surface area (Å²) < 4.78 is 5.27. The molecule has 2 aromatic rings. The van der Waals surface area contributed by atoms with Gasteiger partial charge in [0.1, 0.15) is 6.04 Å². The highest BCUT2D eigenvalue weighted by atomic mass is 32.1. The monoisotopic (exact) mass is 291 g/mol. The molecule has 0 aromatic carbocycles. The lowest BCUT2D eigenvalue weighted by Gasteiger charge is -2.33. The maximum atomic E-state index is 12.5. The van der Waals surface area contributed by atoms with Gasteiger partial charge in [-0.15, -0.1) is 0 Å². The quantitative estimate of drug-likeness (QED) is 0.872. The first-order valence-corrected chi connectivity index (χ1v) is 7.79. The summed E-state index contributed by atoms with van der Waals surface area (Å²) >= 11 is 1.62. The van der Waals surface area contributed by atoms with Crippen LogP contribution in [0.5, 0.6) is 0 Å². The first-order valence-electron chi connectivity index (χ1n) is 6.85. The Kier molecular flexibility index (Phi) is 3.82. The molecule has 1 atom stereocenters. The number of hydrogen-bond acceptors (Lipinski definition) is 5.